The van der Waals surface area contributed by atoms with Crippen LogP contribution in [0.15, 0.2) is 4.99 Å². The highest BCUT2D eigenvalue weighted by Gasteiger charge is 2.42. The van der Waals surface area contributed by atoms with E-state index in [4.69, 9.17) is 4.74 Å². The monoisotopic (exact) mass is 336 g/mol. The van der Waals surface area contributed by atoms with Gasteiger partial charge in [0.05, 0.1) is 6.61 Å². The van der Waals surface area contributed by atoms with Gasteiger partial charge in [0.1, 0.15) is 6.54 Å². The number of hydrogen-bond donors (Lipinski definition) is 2. The van der Waals surface area contributed by atoms with Gasteiger partial charge in [0, 0.05) is 37.7 Å². The average Bonchev–Trinajstić information content (AvgIpc) is 3.23. The molecule has 1 unspecified atom stereocenters. The van der Waals surface area contributed by atoms with Gasteiger partial charge in [0.15, 0.2) is 5.96 Å². The lowest BCUT2D eigenvalue weighted by Gasteiger charge is -2.25. The van der Waals surface area contributed by atoms with Crippen LogP contribution in [0.1, 0.15) is 51.9 Å². The van der Waals surface area contributed by atoms with E-state index in [9.17, 15) is 4.79 Å². The normalized spacial score (nSPS) is 28.5. The van der Waals surface area contributed by atoms with Crippen LogP contribution in [0, 0.1) is 5.41 Å². The smallest absolute Gasteiger partial charge is 0.242 e. The first-order valence-corrected chi connectivity index (χ1v) is 9.61. The fraction of sp³-hybridized carbons (Fsp3) is 0.889. The quantitative estimate of drug-likeness (QED) is 0.603. The van der Waals surface area contributed by atoms with Crippen molar-refractivity contribution in [3.8, 4) is 0 Å². The first kappa shape index (κ1) is 17.5. The molecule has 3 rings (SSSR count). The summed E-state index contributed by atoms with van der Waals surface area (Å²) >= 11 is 0. The number of nitrogens with zero attached hydrogens (tertiary/aromatic N) is 2. The van der Waals surface area contributed by atoms with Crippen molar-refractivity contribution in [3.05, 3.63) is 0 Å². The van der Waals surface area contributed by atoms with Gasteiger partial charge in [-0.05, 0) is 32.6 Å². The molecule has 136 valence electrons. The summed E-state index contributed by atoms with van der Waals surface area (Å²) in [5.41, 5.74) is 0.306. The highest BCUT2D eigenvalue weighted by molar-refractivity contribution is 5.85. The minimum Gasteiger partial charge on any atom is -0.381 e. The zero-order valence-electron chi connectivity index (χ0n) is 15.0. The van der Waals surface area contributed by atoms with Crippen molar-refractivity contribution in [3.63, 3.8) is 0 Å². The Bertz CT molecular complexity index is 454. The van der Waals surface area contributed by atoms with Gasteiger partial charge in [-0.1, -0.05) is 19.3 Å². The Morgan fingerprint density at radius 1 is 1.29 bits per heavy atom. The summed E-state index contributed by atoms with van der Waals surface area (Å²) in [6.45, 7) is 6.85. The number of ether oxygens (including phenoxy) is 1. The summed E-state index contributed by atoms with van der Waals surface area (Å²) in [6, 6.07) is 0.356. The lowest BCUT2D eigenvalue weighted by atomic mass is 9.87. The molecule has 0 aromatic rings. The molecule has 1 amide bonds. The lowest BCUT2D eigenvalue weighted by Crippen LogP contribution is -2.43. The van der Waals surface area contributed by atoms with E-state index in [0.29, 0.717) is 11.5 Å². The molecule has 24 heavy (non-hydrogen) atoms. The third-order valence-corrected chi connectivity index (χ3v) is 5.60. The Hall–Kier alpha value is -1.30. The van der Waals surface area contributed by atoms with E-state index in [-0.39, 0.29) is 12.5 Å². The highest BCUT2D eigenvalue weighted by atomic mass is 16.5. The van der Waals surface area contributed by atoms with E-state index in [0.717, 1.165) is 64.5 Å². The van der Waals surface area contributed by atoms with Gasteiger partial charge in [0.2, 0.25) is 5.91 Å². The van der Waals surface area contributed by atoms with E-state index in [1.807, 2.05) is 0 Å². The van der Waals surface area contributed by atoms with Gasteiger partial charge >= 0.3 is 0 Å². The van der Waals surface area contributed by atoms with Crippen LogP contribution in [0.3, 0.4) is 0 Å². The molecule has 0 aromatic carbocycles. The van der Waals surface area contributed by atoms with Crippen molar-refractivity contribution in [2.45, 2.75) is 57.9 Å². The molecule has 1 atom stereocenters. The molecule has 1 aliphatic carbocycles. The van der Waals surface area contributed by atoms with Crippen LogP contribution in [0.4, 0.5) is 0 Å². The Kier molecular flexibility index (Phi) is 5.98. The molecule has 2 aliphatic heterocycles. The molecule has 2 heterocycles. The third-order valence-electron chi connectivity index (χ3n) is 5.60. The average molecular weight is 336 g/mol. The van der Waals surface area contributed by atoms with Gasteiger partial charge in [0.25, 0.3) is 0 Å². The molecule has 2 N–H and O–H groups in total. The van der Waals surface area contributed by atoms with Gasteiger partial charge < -0.3 is 20.3 Å². The van der Waals surface area contributed by atoms with Crippen LogP contribution in [-0.2, 0) is 9.53 Å². The summed E-state index contributed by atoms with van der Waals surface area (Å²) < 4.78 is 5.60. The molecule has 6 nitrogen and oxygen atoms in total. The first-order chi connectivity index (χ1) is 11.7. The van der Waals surface area contributed by atoms with E-state index in [2.05, 4.69) is 27.4 Å². The van der Waals surface area contributed by atoms with Gasteiger partial charge in [-0.2, -0.15) is 0 Å². The number of amides is 1. The van der Waals surface area contributed by atoms with Crippen molar-refractivity contribution in [1.29, 1.82) is 0 Å². The summed E-state index contributed by atoms with van der Waals surface area (Å²) in [5.74, 6) is 0.926. The number of rotatable bonds is 4. The minimum atomic E-state index is 0.0513. The molecular formula is C18H32N4O2. The largest absolute Gasteiger partial charge is 0.381 e. The molecule has 3 aliphatic rings. The maximum absolute atomic E-state index is 12.2. The Labute approximate surface area is 145 Å². The summed E-state index contributed by atoms with van der Waals surface area (Å²) in [7, 11) is 0. The van der Waals surface area contributed by atoms with Crippen molar-refractivity contribution >= 4 is 11.9 Å². The topological polar surface area (TPSA) is 66.0 Å². The number of aliphatic imine (C=N–C) groups is 1. The second-order valence-electron chi connectivity index (χ2n) is 7.55. The van der Waals surface area contributed by atoms with Crippen LogP contribution in [-0.4, -0.2) is 62.2 Å². The number of nitrogens with one attached hydrogen (secondary N) is 2. The van der Waals surface area contributed by atoms with Gasteiger partial charge in [-0.3, -0.25) is 4.79 Å². The second-order valence-corrected chi connectivity index (χ2v) is 7.55. The zero-order chi connectivity index (χ0) is 16.8. The van der Waals surface area contributed by atoms with Gasteiger partial charge in [-0.25, -0.2) is 4.99 Å². The number of hydrogen-bond acceptors (Lipinski definition) is 3. The molecule has 3 fully saturated rings. The van der Waals surface area contributed by atoms with Crippen LogP contribution in [0.2, 0.25) is 0 Å². The maximum Gasteiger partial charge on any atom is 0.242 e. The predicted molar refractivity (Wildman–Crippen MR) is 95.1 cm³/mol. The maximum atomic E-state index is 12.2. The Balaban J connectivity index is 1.52. The van der Waals surface area contributed by atoms with Crippen LogP contribution >= 0.6 is 0 Å². The molecular weight excluding hydrogens is 304 g/mol. The zero-order valence-corrected chi connectivity index (χ0v) is 15.0. The Morgan fingerprint density at radius 3 is 2.83 bits per heavy atom. The summed E-state index contributed by atoms with van der Waals surface area (Å²) in [6.07, 6.45) is 8.30. The standard InChI is InChI=1S/C18H32N4O2/c1-2-19-17(22-10-8-18(13-22)9-11-24-14-18)20-12-16(23)21-15-6-4-3-5-7-15/h15H,2-14H2,1H3,(H,19,20)(H,21,23). The third kappa shape index (κ3) is 4.41. The van der Waals surface area contributed by atoms with Crippen LogP contribution < -0.4 is 10.6 Å². The SMILES string of the molecule is CCNC(=NCC(=O)NC1CCCCC1)N1CCC2(CCOC2)C1. The molecule has 0 aromatic heterocycles. The fourth-order valence-corrected chi connectivity index (χ4v) is 4.18. The van der Waals surface area contributed by atoms with Gasteiger partial charge in [-0.15, -0.1) is 0 Å². The molecule has 2 saturated heterocycles. The van der Waals surface area contributed by atoms with Crippen molar-refractivity contribution < 1.29 is 9.53 Å². The van der Waals surface area contributed by atoms with E-state index >= 15 is 0 Å². The fourth-order valence-electron chi connectivity index (χ4n) is 4.18. The number of carbonyl (C=O) groups is 1. The lowest BCUT2D eigenvalue weighted by molar-refractivity contribution is -0.120. The second kappa shape index (κ2) is 8.19. The summed E-state index contributed by atoms with van der Waals surface area (Å²) in [4.78, 5) is 19.1. The van der Waals surface area contributed by atoms with Crippen LogP contribution in [0.25, 0.3) is 0 Å². The molecule has 0 radical (unpaired) electrons. The predicted octanol–water partition coefficient (Wildman–Crippen LogP) is 1.51. The van der Waals surface area contributed by atoms with Crippen molar-refractivity contribution in [2.24, 2.45) is 10.4 Å². The molecule has 1 saturated carbocycles. The van der Waals surface area contributed by atoms with E-state index in [1.165, 1.54) is 19.3 Å². The number of carbonyl (C=O) groups excluding carboxylic acids is 1. The van der Waals surface area contributed by atoms with E-state index in [1.54, 1.807) is 0 Å². The van der Waals surface area contributed by atoms with Crippen molar-refractivity contribution in [2.75, 3.05) is 39.4 Å². The molecule has 1 spiro atoms. The first-order valence-electron chi connectivity index (χ1n) is 9.61. The minimum absolute atomic E-state index is 0.0513. The molecule has 0 bridgehead atoms. The number of likely N-dealkylation sites (tertiary alicyclic amines) is 1. The van der Waals surface area contributed by atoms with Crippen LogP contribution in [0.5, 0.6) is 0 Å². The Morgan fingerprint density at radius 2 is 2.12 bits per heavy atom. The molecule has 6 heteroatoms. The van der Waals surface area contributed by atoms with Crippen molar-refractivity contribution in [1.82, 2.24) is 15.5 Å². The highest BCUT2D eigenvalue weighted by Crippen LogP contribution is 2.38. The number of guanidine groups is 1. The summed E-state index contributed by atoms with van der Waals surface area (Å²) in [5, 5.41) is 6.49. The van der Waals surface area contributed by atoms with E-state index < -0.39 is 0 Å².